The van der Waals surface area contributed by atoms with Gasteiger partial charge in [-0.3, -0.25) is 4.90 Å². The van der Waals surface area contributed by atoms with Crippen LogP contribution in [0.15, 0.2) is 42.5 Å². The lowest BCUT2D eigenvalue weighted by Crippen LogP contribution is -2.32. The van der Waals surface area contributed by atoms with Gasteiger partial charge >= 0.3 is 6.03 Å². The number of nitrogens with two attached hydrogens (primary N) is 1. The maximum absolute atomic E-state index is 12.1. The molecule has 24 heavy (non-hydrogen) atoms. The second-order valence-electron chi connectivity index (χ2n) is 5.97. The second kappa shape index (κ2) is 7.55. The zero-order valence-electron chi connectivity index (χ0n) is 14.0. The van der Waals surface area contributed by atoms with Gasteiger partial charge in [-0.2, -0.15) is 0 Å². The number of primary amides is 1. The van der Waals surface area contributed by atoms with Crippen molar-refractivity contribution in [3.8, 4) is 0 Å². The van der Waals surface area contributed by atoms with Crippen molar-refractivity contribution in [3.63, 3.8) is 0 Å². The summed E-state index contributed by atoms with van der Waals surface area (Å²) in [7, 11) is 3.94. The third kappa shape index (κ3) is 3.63. The molecule has 5 nitrogen and oxygen atoms in total. The van der Waals surface area contributed by atoms with Crippen molar-refractivity contribution in [2.45, 2.75) is 13.0 Å². The smallest absolute Gasteiger partial charge is 0.323 e. The van der Waals surface area contributed by atoms with Crippen LogP contribution in [0.3, 0.4) is 0 Å². The molecule has 0 spiro atoms. The summed E-state index contributed by atoms with van der Waals surface area (Å²) in [4.78, 5) is 15.6. The first-order valence-electron chi connectivity index (χ1n) is 7.76. The Morgan fingerprint density at radius 1 is 1.04 bits per heavy atom. The minimum absolute atomic E-state index is 0. The number of carbonyl (C=O) groups is 1. The number of nitrogens with one attached hydrogen (secondary N) is 1. The summed E-state index contributed by atoms with van der Waals surface area (Å²) in [6.45, 7) is 1.84. The Hall–Kier alpha value is -2.24. The van der Waals surface area contributed by atoms with Crippen molar-refractivity contribution in [1.29, 1.82) is 0 Å². The average molecular weight is 347 g/mol. The number of benzene rings is 2. The highest BCUT2D eigenvalue weighted by molar-refractivity contribution is 5.99. The molecule has 0 aromatic heterocycles. The first-order valence-corrected chi connectivity index (χ1v) is 7.76. The largest absolute Gasteiger partial charge is 0.378 e. The number of hydrogen-bond acceptors (Lipinski definition) is 3. The van der Waals surface area contributed by atoms with E-state index in [-0.39, 0.29) is 12.4 Å². The van der Waals surface area contributed by atoms with Gasteiger partial charge < -0.3 is 16.0 Å². The van der Waals surface area contributed by atoms with Gasteiger partial charge in [-0.1, -0.05) is 12.1 Å². The predicted molar refractivity (Wildman–Crippen MR) is 102 cm³/mol. The van der Waals surface area contributed by atoms with E-state index in [0.29, 0.717) is 0 Å². The lowest BCUT2D eigenvalue weighted by atomic mass is 10.00. The Labute approximate surface area is 148 Å². The zero-order valence-corrected chi connectivity index (χ0v) is 14.8. The Balaban J connectivity index is 0.00000208. The number of fused-ring (bicyclic) bond motifs is 1. The molecule has 0 radical (unpaired) electrons. The lowest BCUT2D eigenvalue weighted by Gasteiger charge is -2.25. The number of amides is 2. The van der Waals surface area contributed by atoms with Crippen LogP contribution < -0.4 is 20.9 Å². The highest BCUT2D eigenvalue weighted by atomic mass is 35.5. The molecule has 0 saturated carbocycles. The van der Waals surface area contributed by atoms with Crippen LogP contribution in [-0.4, -0.2) is 26.7 Å². The van der Waals surface area contributed by atoms with E-state index >= 15 is 0 Å². The molecule has 1 aliphatic rings. The molecule has 0 saturated heterocycles. The average Bonchev–Trinajstić information content (AvgIpc) is 2.55. The molecule has 0 atom stereocenters. The van der Waals surface area contributed by atoms with Crippen molar-refractivity contribution in [2.24, 2.45) is 5.73 Å². The van der Waals surface area contributed by atoms with E-state index in [9.17, 15) is 4.79 Å². The van der Waals surface area contributed by atoms with Gasteiger partial charge in [0.15, 0.2) is 0 Å². The van der Waals surface area contributed by atoms with Crippen molar-refractivity contribution < 1.29 is 4.79 Å². The van der Waals surface area contributed by atoms with Gasteiger partial charge in [0.25, 0.3) is 0 Å². The number of anilines is 3. The van der Waals surface area contributed by atoms with E-state index in [0.717, 1.165) is 36.6 Å². The van der Waals surface area contributed by atoms with Crippen LogP contribution in [0, 0.1) is 0 Å². The zero-order chi connectivity index (χ0) is 16.4. The molecule has 0 aliphatic carbocycles. The van der Waals surface area contributed by atoms with Crippen LogP contribution in [0.4, 0.5) is 21.9 Å². The Morgan fingerprint density at radius 3 is 2.46 bits per heavy atom. The molecule has 1 aliphatic heterocycles. The first kappa shape index (κ1) is 18.1. The summed E-state index contributed by atoms with van der Waals surface area (Å²) < 4.78 is 0. The maximum atomic E-state index is 12.1. The Bertz CT molecular complexity index is 733. The molecule has 3 rings (SSSR count). The minimum Gasteiger partial charge on any atom is -0.378 e. The Morgan fingerprint density at radius 2 is 1.75 bits per heavy atom. The van der Waals surface area contributed by atoms with Crippen LogP contribution in [0.5, 0.6) is 0 Å². The topological polar surface area (TPSA) is 61.6 Å². The van der Waals surface area contributed by atoms with E-state index in [4.69, 9.17) is 5.73 Å². The molecule has 128 valence electrons. The molecule has 0 bridgehead atoms. The third-order valence-corrected chi connectivity index (χ3v) is 4.16. The minimum atomic E-state index is -0.477. The van der Waals surface area contributed by atoms with Gasteiger partial charge in [-0.25, -0.2) is 4.79 Å². The van der Waals surface area contributed by atoms with Crippen LogP contribution in [0.2, 0.25) is 0 Å². The summed E-state index contributed by atoms with van der Waals surface area (Å²) >= 11 is 0. The summed E-state index contributed by atoms with van der Waals surface area (Å²) in [6, 6.07) is 13.4. The predicted octanol–water partition coefficient (Wildman–Crippen LogP) is 3.04. The van der Waals surface area contributed by atoms with E-state index < -0.39 is 6.03 Å². The molecular formula is C18H23ClN4O. The highest BCUT2D eigenvalue weighted by Gasteiger charge is 2.18. The van der Waals surface area contributed by atoms with Crippen molar-refractivity contribution >= 4 is 35.5 Å². The van der Waals surface area contributed by atoms with Crippen molar-refractivity contribution in [1.82, 2.24) is 5.32 Å². The lowest BCUT2D eigenvalue weighted by molar-refractivity contribution is 0.256. The van der Waals surface area contributed by atoms with Crippen molar-refractivity contribution in [2.75, 3.05) is 30.4 Å². The van der Waals surface area contributed by atoms with Crippen LogP contribution in [-0.2, 0) is 13.0 Å². The number of nitrogens with zero attached hydrogens (tertiary/aromatic N) is 2. The molecule has 3 N–H and O–H groups in total. The van der Waals surface area contributed by atoms with E-state index in [1.807, 2.05) is 49.3 Å². The second-order valence-corrected chi connectivity index (χ2v) is 5.97. The van der Waals surface area contributed by atoms with Gasteiger partial charge in [0.2, 0.25) is 0 Å². The highest BCUT2D eigenvalue weighted by Crippen LogP contribution is 2.30. The van der Waals surface area contributed by atoms with Gasteiger partial charge in [0.1, 0.15) is 0 Å². The van der Waals surface area contributed by atoms with Gasteiger partial charge in [0, 0.05) is 26.3 Å². The summed E-state index contributed by atoms with van der Waals surface area (Å²) in [5, 5.41) is 3.35. The Kier molecular flexibility index (Phi) is 5.70. The fourth-order valence-corrected chi connectivity index (χ4v) is 2.92. The number of urea groups is 1. The van der Waals surface area contributed by atoms with E-state index in [2.05, 4.69) is 17.4 Å². The van der Waals surface area contributed by atoms with Gasteiger partial charge in [0.05, 0.1) is 11.4 Å². The SMILES string of the molecule is CN(C)c1cccc(N(C(N)=O)c2ccc3c(c2)CCNC3)c1.Cl. The number of rotatable bonds is 3. The third-order valence-electron chi connectivity index (χ3n) is 4.16. The van der Waals surface area contributed by atoms with Gasteiger partial charge in [-0.05, 0) is 54.4 Å². The van der Waals surface area contributed by atoms with Crippen molar-refractivity contribution in [3.05, 3.63) is 53.6 Å². The number of hydrogen-bond donors (Lipinski definition) is 2. The molecule has 2 aromatic rings. The monoisotopic (exact) mass is 346 g/mol. The molecule has 1 heterocycles. The molecule has 2 amide bonds. The van der Waals surface area contributed by atoms with E-state index in [1.165, 1.54) is 11.1 Å². The number of carbonyl (C=O) groups excluding carboxylic acids is 1. The number of halogens is 1. The molecule has 0 fully saturated rings. The van der Waals surface area contributed by atoms with Gasteiger partial charge in [-0.15, -0.1) is 12.4 Å². The van der Waals surface area contributed by atoms with Crippen LogP contribution >= 0.6 is 12.4 Å². The molecular weight excluding hydrogens is 324 g/mol. The summed E-state index contributed by atoms with van der Waals surface area (Å²) in [5.74, 6) is 0. The van der Waals surface area contributed by atoms with Crippen LogP contribution in [0.1, 0.15) is 11.1 Å². The summed E-state index contributed by atoms with van der Waals surface area (Å²) in [5.41, 5.74) is 10.8. The maximum Gasteiger partial charge on any atom is 0.323 e. The van der Waals surface area contributed by atoms with E-state index in [1.54, 1.807) is 4.90 Å². The molecule has 6 heteroatoms. The fraction of sp³-hybridized carbons (Fsp3) is 0.278. The summed E-state index contributed by atoms with van der Waals surface area (Å²) in [6.07, 6.45) is 0.966. The molecule has 0 unspecified atom stereocenters. The fourth-order valence-electron chi connectivity index (χ4n) is 2.92. The van der Waals surface area contributed by atoms with Crippen LogP contribution in [0.25, 0.3) is 0 Å². The quantitative estimate of drug-likeness (QED) is 0.898. The normalized spacial score (nSPS) is 12.8. The standard InChI is InChI=1S/C18H22N4O.ClH/c1-21(2)15-4-3-5-16(11-15)22(18(19)23)17-7-6-14-12-20-9-8-13(14)10-17;/h3-7,10-11,20H,8-9,12H2,1-2H3,(H2,19,23);1H. The molecule has 2 aromatic carbocycles. The first-order chi connectivity index (χ1) is 11.1.